The number of fused-ring (bicyclic) bond motifs is 1. The highest BCUT2D eigenvalue weighted by Gasteiger charge is 2.22. The van der Waals surface area contributed by atoms with Gasteiger partial charge in [0.15, 0.2) is 5.65 Å². The Balaban J connectivity index is 2.91. The largest absolute Gasteiger partial charge is 0.477 e. The maximum Gasteiger partial charge on any atom is 0.341 e. The van der Waals surface area contributed by atoms with E-state index in [1.54, 1.807) is 6.92 Å². The van der Waals surface area contributed by atoms with E-state index in [-0.39, 0.29) is 11.5 Å². The summed E-state index contributed by atoms with van der Waals surface area (Å²) in [5.74, 6) is -0.838. The summed E-state index contributed by atoms with van der Waals surface area (Å²) >= 11 is 6.30. The summed E-state index contributed by atoms with van der Waals surface area (Å²) in [5.41, 5.74) is 2.45. The van der Waals surface area contributed by atoms with Crippen LogP contribution in [0.2, 0.25) is 5.15 Å². The van der Waals surface area contributed by atoms with E-state index in [0.717, 1.165) is 11.3 Å². The molecule has 1 N–H and O–H groups in total. The molecule has 5 nitrogen and oxygen atoms in total. The molecule has 6 heteroatoms. The summed E-state index contributed by atoms with van der Waals surface area (Å²) in [5, 5.41) is 13.8. The Kier molecular flexibility index (Phi) is 3.02. The number of aromatic nitrogens is 3. The predicted octanol–water partition coefficient (Wildman–Crippen LogP) is 2.82. The zero-order valence-electron chi connectivity index (χ0n) is 10.7. The molecule has 0 fully saturated rings. The van der Waals surface area contributed by atoms with Crippen LogP contribution in [0.1, 0.15) is 47.1 Å². The van der Waals surface area contributed by atoms with Gasteiger partial charge in [-0.3, -0.25) is 0 Å². The van der Waals surface area contributed by atoms with Crippen molar-refractivity contribution in [2.45, 2.75) is 33.6 Å². The van der Waals surface area contributed by atoms with Crippen molar-refractivity contribution in [2.75, 3.05) is 0 Å². The smallest absolute Gasteiger partial charge is 0.341 e. The van der Waals surface area contributed by atoms with E-state index in [4.69, 9.17) is 11.6 Å². The van der Waals surface area contributed by atoms with E-state index in [9.17, 15) is 9.90 Å². The van der Waals surface area contributed by atoms with Crippen molar-refractivity contribution in [1.82, 2.24) is 14.6 Å². The van der Waals surface area contributed by atoms with Crippen molar-refractivity contribution < 1.29 is 9.90 Å². The van der Waals surface area contributed by atoms with Crippen LogP contribution in [0.15, 0.2) is 0 Å². The molecular weight excluding hydrogens is 254 g/mol. The molecule has 0 saturated carbocycles. The molecule has 18 heavy (non-hydrogen) atoms. The third-order valence-corrected chi connectivity index (χ3v) is 3.26. The Morgan fingerprint density at radius 1 is 1.33 bits per heavy atom. The molecule has 0 bridgehead atoms. The number of nitrogens with zero attached hydrogens (tertiary/aromatic N) is 3. The summed E-state index contributed by atoms with van der Waals surface area (Å²) in [4.78, 5) is 15.5. The van der Waals surface area contributed by atoms with Crippen molar-refractivity contribution in [2.24, 2.45) is 0 Å². The SMILES string of the molecule is Cc1nc2c(C(=O)O)c(C)nn2c(Cl)c1C(C)C. The number of aryl methyl sites for hydroxylation is 2. The van der Waals surface area contributed by atoms with Crippen molar-refractivity contribution in [3.63, 3.8) is 0 Å². The van der Waals surface area contributed by atoms with E-state index in [0.29, 0.717) is 16.5 Å². The van der Waals surface area contributed by atoms with Crippen LogP contribution in [-0.2, 0) is 0 Å². The minimum Gasteiger partial charge on any atom is -0.477 e. The maximum absolute atomic E-state index is 11.2. The number of carbonyl (C=O) groups is 1. The van der Waals surface area contributed by atoms with Gasteiger partial charge >= 0.3 is 5.97 Å². The molecule has 0 spiro atoms. The van der Waals surface area contributed by atoms with E-state index in [1.807, 2.05) is 20.8 Å². The van der Waals surface area contributed by atoms with Gasteiger partial charge in [-0.15, -0.1) is 0 Å². The lowest BCUT2D eigenvalue weighted by atomic mass is 10.0. The van der Waals surface area contributed by atoms with Gasteiger partial charge in [0.05, 0.1) is 5.69 Å². The van der Waals surface area contributed by atoms with Crippen LogP contribution >= 0.6 is 11.6 Å². The van der Waals surface area contributed by atoms with Crippen molar-refractivity contribution in [3.8, 4) is 0 Å². The Labute approximate surface area is 109 Å². The van der Waals surface area contributed by atoms with E-state index in [1.165, 1.54) is 4.52 Å². The monoisotopic (exact) mass is 267 g/mol. The average molecular weight is 268 g/mol. The fourth-order valence-corrected chi connectivity index (χ4v) is 2.62. The highest BCUT2D eigenvalue weighted by Crippen LogP contribution is 2.28. The number of hydrogen-bond acceptors (Lipinski definition) is 3. The number of aromatic carboxylic acids is 1. The number of carboxylic acid groups (broad SMARTS) is 1. The van der Waals surface area contributed by atoms with Gasteiger partial charge in [-0.1, -0.05) is 25.4 Å². The zero-order chi connectivity index (χ0) is 13.6. The third kappa shape index (κ3) is 1.75. The maximum atomic E-state index is 11.2. The van der Waals surface area contributed by atoms with Gasteiger partial charge in [0.25, 0.3) is 0 Å². The van der Waals surface area contributed by atoms with Crippen LogP contribution in [-0.4, -0.2) is 25.7 Å². The second-order valence-corrected chi connectivity index (χ2v) is 4.92. The van der Waals surface area contributed by atoms with E-state index >= 15 is 0 Å². The Morgan fingerprint density at radius 2 is 1.94 bits per heavy atom. The summed E-state index contributed by atoms with van der Waals surface area (Å²) < 4.78 is 1.41. The minimum absolute atomic E-state index is 0.107. The lowest BCUT2D eigenvalue weighted by Crippen LogP contribution is -2.05. The Hall–Kier alpha value is -1.62. The quantitative estimate of drug-likeness (QED) is 0.850. The van der Waals surface area contributed by atoms with Gasteiger partial charge in [0.1, 0.15) is 10.7 Å². The number of hydrogen-bond donors (Lipinski definition) is 1. The van der Waals surface area contributed by atoms with Crippen molar-refractivity contribution in [1.29, 1.82) is 0 Å². The Bertz CT molecular complexity index is 647. The topological polar surface area (TPSA) is 67.5 Å². The molecule has 0 aliphatic rings. The van der Waals surface area contributed by atoms with Gasteiger partial charge in [-0.05, 0) is 19.8 Å². The van der Waals surface area contributed by atoms with Crippen LogP contribution in [0, 0.1) is 13.8 Å². The third-order valence-electron chi connectivity index (χ3n) is 2.90. The molecule has 0 aromatic carbocycles. The lowest BCUT2D eigenvalue weighted by molar-refractivity contribution is 0.0698. The molecule has 0 radical (unpaired) electrons. The zero-order valence-corrected chi connectivity index (χ0v) is 11.4. The summed E-state index contributed by atoms with van der Waals surface area (Å²) in [6.07, 6.45) is 0. The fourth-order valence-electron chi connectivity index (χ4n) is 2.14. The van der Waals surface area contributed by atoms with Crippen LogP contribution in [0.4, 0.5) is 0 Å². The number of rotatable bonds is 2. The first-order valence-corrected chi connectivity index (χ1v) is 6.01. The molecule has 0 unspecified atom stereocenters. The molecule has 2 heterocycles. The number of carboxylic acids is 1. The summed E-state index contributed by atoms with van der Waals surface area (Å²) in [6.45, 7) is 7.49. The molecule has 2 rings (SSSR count). The summed E-state index contributed by atoms with van der Waals surface area (Å²) in [6, 6.07) is 0. The van der Waals surface area contributed by atoms with Gasteiger partial charge in [0, 0.05) is 11.3 Å². The number of halogens is 1. The minimum atomic E-state index is -1.04. The first kappa shape index (κ1) is 12.8. The molecule has 0 amide bonds. The van der Waals surface area contributed by atoms with Gasteiger partial charge in [0.2, 0.25) is 0 Å². The first-order chi connectivity index (χ1) is 8.34. The first-order valence-electron chi connectivity index (χ1n) is 5.63. The fraction of sp³-hybridized carbons (Fsp3) is 0.417. The molecule has 96 valence electrons. The van der Waals surface area contributed by atoms with Crippen LogP contribution in [0.3, 0.4) is 0 Å². The van der Waals surface area contributed by atoms with Gasteiger partial charge < -0.3 is 5.11 Å². The van der Waals surface area contributed by atoms with Crippen LogP contribution in [0.5, 0.6) is 0 Å². The molecule has 0 atom stereocenters. The van der Waals surface area contributed by atoms with Gasteiger partial charge in [-0.25, -0.2) is 14.3 Å². The second-order valence-electron chi connectivity index (χ2n) is 4.56. The van der Waals surface area contributed by atoms with Gasteiger partial charge in [-0.2, -0.15) is 5.10 Å². The Morgan fingerprint density at radius 3 is 2.44 bits per heavy atom. The van der Waals surface area contributed by atoms with Crippen molar-refractivity contribution in [3.05, 3.63) is 27.7 Å². The second kappa shape index (κ2) is 4.24. The van der Waals surface area contributed by atoms with Crippen LogP contribution < -0.4 is 0 Å². The molecule has 0 saturated heterocycles. The highest BCUT2D eigenvalue weighted by molar-refractivity contribution is 6.30. The van der Waals surface area contributed by atoms with E-state index in [2.05, 4.69) is 10.1 Å². The van der Waals surface area contributed by atoms with Crippen molar-refractivity contribution >= 4 is 23.2 Å². The summed E-state index contributed by atoms with van der Waals surface area (Å²) in [7, 11) is 0. The standard InChI is InChI=1S/C12H14ClN3O2/c1-5(2)8-6(3)14-11-9(12(17)18)7(4)15-16(11)10(8)13/h5H,1-4H3,(H,17,18). The highest BCUT2D eigenvalue weighted by atomic mass is 35.5. The normalized spacial score (nSPS) is 11.4. The molecular formula is C12H14ClN3O2. The average Bonchev–Trinajstić information content (AvgIpc) is 2.54. The van der Waals surface area contributed by atoms with Crippen LogP contribution in [0.25, 0.3) is 5.65 Å². The molecule has 2 aromatic heterocycles. The lowest BCUT2D eigenvalue weighted by Gasteiger charge is -2.12. The predicted molar refractivity (Wildman–Crippen MR) is 68.5 cm³/mol. The molecule has 2 aromatic rings. The van der Waals surface area contributed by atoms with E-state index < -0.39 is 5.97 Å². The molecule has 0 aliphatic carbocycles. The molecule has 0 aliphatic heterocycles.